The van der Waals surface area contributed by atoms with Gasteiger partial charge in [0.1, 0.15) is 4.21 Å². The minimum absolute atomic E-state index is 0.0539. The number of carbonyl (C=O) groups excluding carboxylic acids is 1. The first-order valence-corrected chi connectivity index (χ1v) is 10.6. The van der Waals surface area contributed by atoms with Crippen LogP contribution in [0.2, 0.25) is 0 Å². The van der Waals surface area contributed by atoms with Gasteiger partial charge in [-0.25, -0.2) is 8.42 Å². The third-order valence-corrected chi connectivity index (χ3v) is 7.15. The number of rotatable bonds is 5. The Morgan fingerprint density at radius 1 is 1.42 bits per heavy atom. The van der Waals surface area contributed by atoms with Crippen LogP contribution in [0, 0.1) is 5.92 Å². The highest BCUT2D eigenvalue weighted by Crippen LogP contribution is 2.34. The Labute approximate surface area is 143 Å². The number of nitrogens with zero attached hydrogens (tertiary/aromatic N) is 3. The quantitative estimate of drug-likeness (QED) is 0.801. The minimum Gasteiger partial charge on any atom is -0.342 e. The van der Waals surface area contributed by atoms with Crippen molar-refractivity contribution in [2.75, 3.05) is 19.3 Å². The minimum atomic E-state index is -3.24. The molecule has 1 amide bonds. The fraction of sp³-hybridized carbons (Fsp3) is 0.533. The molecule has 1 aliphatic carbocycles. The zero-order valence-corrected chi connectivity index (χ0v) is 14.8. The highest BCUT2D eigenvalue weighted by molar-refractivity contribution is 7.92. The van der Waals surface area contributed by atoms with E-state index in [1.807, 2.05) is 4.90 Å². The maximum Gasteiger partial charge on any atom is 0.258 e. The van der Waals surface area contributed by atoms with Crippen molar-refractivity contribution in [3.63, 3.8) is 0 Å². The van der Waals surface area contributed by atoms with E-state index in [4.69, 9.17) is 4.52 Å². The van der Waals surface area contributed by atoms with Crippen molar-refractivity contribution in [1.29, 1.82) is 0 Å². The van der Waals surface area contributed by atoms with Gasteiger partial charge in [-0.3, -0.25) is 4.79 Å². The summed E-state index contributed by atoms with van der Waals surface area (Å²) in [7, 11) is -3.24. The number of aromatic nitrogens is 2. The van der Waals surface area contributed by atoms with Crippen LogP contribution >= 0.6 is 11.3 Å². The van der Waals surface area contributed by atoms with Crippen LogP contribution in [0.1, 0.15) is 31.0 Å². The Balaban J connectivity index is 1.50. The summed E-state index contributed by atoms with van der Waals surface area (Å²) < 4.78 is 28.7. The number of amides is 1. The number of hydrogen-bond donors (Lipinski definition) is 0. The summed E-state index contributed by atoms with van der Waals surface area (Å²) in [6.07, 6.45) is 3.99. The predicted molar refractivity (Wildman–Crippen MR) is 87.4 cm³/mol. The van der Waals surface area contributed by atoms with Crippen molar-refractivity contribution < 1.29 is 17.7 Å². The first-order chi connectivity index (χ1) is 11.4. The maximum atomic E-state index is 12.1. The summed E-state index contributed by atoms with van der Waals surface area (Å²) in [5, 5.41) is 5.69. The molecule has 2 aliphatic rings. The molecule has 1 aliphatic heterocycles. The van der Waals surface area contributed by atoms with Crippen molar-refractivity contribution in [3.05, 3.63) is 17.3 Å². The Morgan fingerprint density at radius 2 is 2.21 bits per heavy atom. The molecule has 1 atom stereocenters. The van der Waals surface area contributed by atoms with Gasteiger partial charge in [0.2, 0.25) is 5.91 Å². The van der Waals surface area contributed by atoms with Gasteiger partial charge < -0.3 is 9.42 Å². The summed E-state index contributed by atoms with van der Waals surface area (Å²) in [5.74, 6) is 1.57. The molecule has 0 spiro atoms. The van der Waals surface area contributed by atoms with E-state index in [1.165, 1.54) is 25.2 Å². The molecule has 2 fully saturated rings. The molecule has 0 bridgehead atoms. The average molecular weight is 367 g/mol. The molecule has 128 valence electrons. The molecular weight excluding hydrogens is 350 g/mol. The largest absolute Gasteiger partial charge is 0.342 e. The average Bonchev–Trinajstić information content (AvgIpc) is 2.95. The number of carbonyl (C=O) groups is 1. The van der Waals surface area contributed by atoms with Crippen LogP contribution in [0.5, 0.6) is 0 Å². The van der Waals surface area contributed by atoms with E-state index in [0.29, 0.717) is 36.2 Å². The van der Waals surface area contributed by atoms with E-state index in [2.05, 4.69) is 10.1 Å². The molecule has 1 saturated carbocycles. The van der Waals surface area contributed by atoms with Crippen molar-refractivity contribution >= 4 is 27.1 Å². The molecule has 2 aromatic heterocycles. The molecule has 1 saturated heterocycles. The van der Waals surface area contributed by atoms with E-state index in [-0.39, 0.29) is 16.0 Å². The third-order valence-electron chi connectivity index (χ3n) is 4.38. The van der Waals surface area contributed by atoms with Crippen LogP contribution in [-0.4, -0.2) is 48.7 Å². The SMILES string of the molecule is CS(=O)(=O)c1cc(-c2nc(C3CC(=O)N(CC4CC4)C3)no2)cs1. The number of likely N-dealkylation sites (tertiary alicyclic amines) is 1. The normalized spacial score (nSPS) is 21.6. The van der Waals surface area contributed by atoms with Gasteiger partial charge in [-0.1, -0.05) is 5.16 Å². The number of sulfone groups is 1. The Bertz CT molecular complexity index is 882. The summed E-state index contributed by atoms with van der Waals surface area (Å²) in [5.41, 5.74) is 0.596. The smallest absolute Gasteiger partial charge is 0.258 e. The first kappa shape index (κ1) is 15.8. The van der Waals surface area contributed by atoms with Gasteiger partial charge in [-0.2, -0.15) is 4.98 Å². The Morgan fingerprint density at radius 3 is 2.88 bits per heavy atom. The molecule has 0 N–H and O–H groups in total. The third kappa shape index (κ3) is 3.10. The fourth-order valence-corrected chi connectivity index (χ4v) is 4.67. The molecule has 7 nitrogen and oxygen atoms in total. The second-order valence-corrected chi connectivity index (χ2v) is 9.68. The molecule has 9 heteroatoms. The maximum absolute atomic E-state index is 12.1. The van der Waals surface area contributed by atoms with E-state index in [9.17, 15) is 13.2 Å². The first-order valence-electron chi connectivity index (χ1n) is 7.80. The second-order valence-electron chi connectivity index (χ2n) is 6.53. The van der Waals surface area contributed by atoms with Crippen molar-refractivity contribution in [2.45, 2.75) is 29.4 Å². The highest BCUT2D eigenvalue weighted by atomic mass is 32.2. The van der Waals surface area contributed by atoms with E-state index in [0.717, 1.165) is 17.9 Å². The molecule has 2 aromatic rings. The van der Waals surface area contributed by atoms with Gasteiger partial charge >= 0.3 is 0 Å². The van der Waals surface area contributed by atoms with E-state index < -0.39 is 9.84 Å². The fourth-order valence-electron chi connectivity index (χ4n) is 2.87. The molecule has 0 radical (unpaired) electrons. The van der Waals surface area contributed by atoms with Gasteiger partial charge in [0.15, 0.2) is 15.7 Å². The van der Waals surface area contributed by atoms with Crippen LogP contribution in [0.25, 0.3) is 11.5 Å². The van der Waals surface area contributed by atoms with Crippen molar-refractivity contribution in [1.82, 2.24) is 15.0 Å². The lowest BCUT2D eigenvalue weighted by Crippen LogP contribution is -2.27. The molecule has 4 rings (SSSR count). The Hall–Kier alpha value is -1.74. The van der Waals surface area contributed by atoms with Crippen LogP contribution < -0.4 is 0 Å². The lowest BCUT2D eigenvalue weighted by molar-refractivity contribution is -0.127. The van der Waals surface area contributed by atoms with E-state index in [1.54, 1.807) is 5.38 Å². The topological polar surface area (TPSA) is 93.4 Å². The standard InChI is InChI=1S/C15H17N3O4S2/c1-24(20,21)13-5-11(8-23-13)15-16-14(17-22-15)10-4-12(19)18(7-10)6-9-2-3-9/h5,8-10H,2-4,6-7H2,1H3. The number of thiophene rings is 1. The Kier molecular flexibility index (Phi) is 3.72. The van der Waals surface area contributed by atoms with Crippen molar-refractivity contribution in [3.8, 4) is 11.5 Å². The number of hydrogen-bond acceptors (Lipinski definition) is 7. The van der Waals surface area contributed by atoms with E-state index >= 15 is 0 Å². The summed E-state index contributed by atoms with van der Waals surface area (Å²) in [4.78, 5) is 18.4. The molecule has 3 heterocycles. The summed E-state index contributed by atoms with van der Waals surface area (Å²) in [6, 6.07) is 1.54. The zero-order valence-electron chi connectivity index (χ0n) is 13.1. The summed E-state index contributed by atoms with van der Waals surface area (Å²) in [6.45, 7) is 1.47. The summed E-state index contributed by atoms with van der Waals surface area (Å²) >= 11 is 1.13. The predicted octanol–water partition coefficient (Wildman–Crippen LogP) is 1.93. The lowest BCUT2D eigenvalue weighted by Gasteiger charge is -2.14. The zero-order chi connectivity index (χ0) is 16.9. The van der Waals surface area contributed by atoms with Gasteiger partial charge in [-0.15, -0.1) is 11.3 Å². The van der Waals surface area contributed by atoms with Gasteiger partial charge in [0.05, 0.1) is 5.56 Å². The molecule has 24 heavy (non-hydrogen) atoms. The van der Waals surface area contributed by atoms with Crippen LogP contribution in [0.4, 0.5) is 0 Å². The molecule has 0 aromatic carbocycles. The van der Waals surface area contributed by atoms with Crippen LogP contribution in [0.3, 0.4) is 0 Å². The van der Waals surface area contributed by atoms with Crippen LogP contribution in [-0.2, 0) is 14.6 Å². The van der Waals surface area contributed by atoms with Crippen LogP contribution in [0.15, 0.2) is 20.2 Å². The van der Waals surface area contributed by atoms with Gasteiger partial charge in [-0.05, 0) is 24.8 Å². The lowest BCUT2D eigenvalue weighted by atomic mass is 10.1. The highest BCUT2D eigenvalue weighted by Gasteiger charge is 2.36. The monoisotopic (exact) mass is 367 g/mol. The van der Waals surface area contributed by atoms with Gasteiger partial charge in [0.25, 0.3) is 5.89 Å². The van der Waals surface area contributed by atoms with Crippen molar-refractivity contribution in [2.24, 2.45) is 5.92 Å². The second kappa shape index (κ2) is 5.66. The van der Waals surface area contributed by atoms with Gasteiger partial charge in [0, 0.05) is 37.1 Å². The molecular formula is C15H17N3O4S2. The molecule has 1 unspecified atom stereocenters.